The van der Waals surface area contributed by atoms with Crippen molar-refractivity contribution in [2.75, 3.05) is 13.2 Å². The number of ketones is 1. The molecular weight excluding hydrogens is 364 g/mol. The molecule has 26 heavy (non-hydrogen) atoms. The first-order chi connectivity index (χ1) is 12.7. The monoisotopic (exact) mass is 382 g/mol. The van der Waals surface area contributed by atoms with E-state index in [9.17, 15) is 4.79 Å². The van der Waals surface area contributed by atoms with Gasteiger partial charge in [0.05, 0.1) is 23.0 Å². The quantitative estimate of drug-likeness (QED) is 0.584. The van der Waals surface area contributed by atoms with Crippen LogP contribution in [0.4, 0.5) is 0 Å². The molecule has 4 heterocycles. The molecule has 1 unspecified atom stereocenters. The Bertz CT molecular complexity index is 979. The molecule has 5 heteroatoms. The minimum atomic E-state index is -0.725. The Balaban J connectivity index is 1.60. The summed E-state index contributed by atoms with van der Waals surface area (Å²) in [7, 11) is 0. The highest BCUT2D eigenvalue weighted by Crippen LogP contribution is 2.50. The first-order valence-electron chi connectivity index (χ1n) is 8.77. The summed E-state index contributed by atoms with van der Waals surface area (Å²) in [6.45, 7) is 2.95. The lowest BCUT2D eigenvalue weighted by Gasteiger charge is -2.39. The van der Waals surface area contributed by atoms with E-state index in [0.29, 0.717) is 13.2 Å². The Labute approximate surface area is 160 Å². The summed E-state index contributed by atoms with van der Waals surface area (Å²) >= 11 is 3.47. The average Bonchev–Trinajstić information content (AvgIpc) is 3.30. The Hall–Kier alpha value is -1.79. The van der Waals surface area contributed by atoms with Crippen molar-refractivity contribution in [2.45, 2.75) is 25.6 Å². The van der Waals surface area contributed by atoms with Gasteiger partial charge >= 0.3 is 0 Å². The molecule has 132 valence electrons. The third-order valence-corrected chi connectivity index (χ3v) is 7.43. The Morgan fingerprint density at radius 3 is 2.46 bits per heavy atom. The topological polar surface area (TPSA) is 35.5 Å². The highest BCUT2D eigenvalue weighted by Gasteiger charge is 2.47. The van der Waals surface area contributed by atoms with E-state index >= 15 is 0 Å². The minimum absolute atomic E-state index is 0.0928. The number of thiophene rings is 2. The van der Waals surface area contributed by atoms with Crippen molar-refractivity contribution in [3.8, 4) is 10.4 Å². The van der Waals surface area contributed by atoms with Crippen molar-refractivity contribution in [1.29, 1.82) is 0 Å². The van der Waals surface area contributed by atoms with E-state index in [4.69, 9.17) is 9.47 Å². The second kappa shape index (κ2) is 6.13. The van der Waals surface area contributed by atoms with Gasteiger partial charge in [0.25, 0.3) is 0 Å². The number of carbonyl (C=O) groups is 1. The van der Waals surface area contributed by atoms with Crippen LogP contribution in [-0.4, -0.2) is 19.0 Å². The second-order valence-electron chi connectivity index (χ2n) is 6.69. The summed E-state index contributed by atoms with van der Waals surface area (Å²) in [6.07, 6.45) is 1.85. The summed E-state index contributed by atoms with van der Waals surface area (Å²) in [5, 5.41) is 2.13. The molecule has 3 aromatic rings. The molecule has 2 aliphatic rings. The van der Waals surface area contributed by atoms with E-state index in [2.05, 4.69) is 17.5 Å². The predicted octanol–water partition coefficient (Wildman–Crippen LogP) is 5.03. The summed E-state index contributed by atoms with van der Waals surface area (Å²) in [6, 6.07) is 12.3. The van der Waals surface area contributed by atoms with Gasteiger partial charge in [0.2, 0.25) is 5.79 Å². The van der Waals surface area contributed by atoms with E-state index in [1.165, 1.54) is 25.8 Å². The maximum atomic E-state index is 11.5. The largest absolute Gasteiger partial charge is 0.341 e. The number of rotatable bonds is 2. The third-order valence-electron chi connectivity index (χ3n) is 5.08. The van der Waals surface area contributed by atoms with Crippen molar-refractivity contribution >= 4 is 28.5 Å². The van der Waals surface area contributed by atoms with E-state index in [0.717, 1.165) is 24.0 Å². The van der Waals surface area contributed by atoms with Crippen LogP contribution in [-0.2, 0) is 28.1 Å². The summed E-state index contributed by atoms with van der Waals surface area (Å²) in [5.74, 6) is -0.632. The van der Waals surface area contributed by atoms with Crippen LogP contribution in [0.1, 0.15) is 38.2 Å². The molecule has 0 bridgehead atoms. The Kier molecular flexibility index (Phi) is 3.87. The van der Waals surface area contributed by atoms with Crippen molar-refractivity contribution < 1.29 is 14.3 Å². The molecule has 2 aromatic heterocycles. The number of ether oxygens (including phenoxy) is 2. The normalized spacial score (nSPS) is 21.4. The van der Waals surface area contributed by atoms with Gasteiger partial charge < -0.3 is 9.47 Å². The zero-order valence-electron chi connectivity index (χ0n) is 14.4. The van der Waals surface area contributed by atoms with Gasteiger partial charge in [-0.3, -0.25) is 4.79 Å². The van der Waals surface area contributed by atoms with Crippen LogP contribution in [0.15, 0.2) is 41.8 Å². The maximum absolute atomic E-state index is 11.5. The molecule has 2 aliphatic heterocycles. The van der Waals surface area contributed by atoms with Gasteiger partial charge in [0.1, 0.15) is 0 Å². The summed E-state index contributed by atoms with van der Waals surface area (Å²) in [4.78, 5) is 15.1. The molecule has 5 rings (SSSR count). The number of hydrogen-bond donors (Lipinski definition) is 0. The number of fused-ring (bicyclic) bond motifs is 4. The fraction of sp³-hybridized carbons (Fsp3) is 0.286. The van der Waals surface area contributed by atoms with Crippen molar-refractivity contribution in [3.63, 3.8) is 0 Å². The van der Waals surface area contributed by atoms with Gasteiger partial charge in [-0.15, -0.1) is 22.7 Å². The molecule has 3 nitrogen and oxygen atoms in total. The van der Waals surface area contributed by atoms with E-state index in [1.54, 1.807) is 29.6 Å². The Morgan fingerprint density at radius 2 is 1.73 bits per heavy atom. The highest BCUT2D eigenvalue weighted by atomic mass is 32.1. The minimum Gasteiger partial charge on any atom is -0.341 e. The fourth-order valence-electron chi connectivity index (χ4n) is 3.74. The Morgan fingerprint density at radius 1 is 1.00 bits per heavy atom. The van der Waals surface area contributed by atoms with Gasteiger partial charge in [0, 0.05) is 10.4 Å². The van der Waals surface area contributed by atoms with Gasteiger partial charge in [-0.1, -0.05) is 24.3 Å². The first kappa shape index (κ1) is 16.4. The number of hydrogen-bond acceptors (Lipinski definition) is 5. The summed E-state index contributed by atoms with van der Waals surface area (Å²) < 4.78 is 12.5. The first-order valence-corrected chi connectivity index (χ1v) is 10.5. The number of carbonyl (C=O) groups excluding carboxylic acids is 1. The highest BCUT2D eigenvalue weighted by molar-refractivity contribution is 7.16. The van der Waals surface area contributed by atoms with E-state index in [-0.39, 0.29) is 5.78 Å². The molecule has 0 radical (unpaired) electrons. The van der Waals surface area contributed by atoms with Crippen molar-refractivity contribution in [2.24, 2.45) is 0 Å². The van der Waals surface area contributed by atoms with Crippen LogP contribution in [0.25, 0.3) is 10.4 Å². The number of Topliss-reactive ketones (excluding diaryl/α,β-unsaturated/α-hetero) is 1. The average molecular weight is 383 g/mol. The molecule has 0 fully saturated rings. The van der Waals surface area contributed by atoms with E-state index < -0.39 is 5.79 Å². The van der Waals surface area contributed by atoms with Crippen molar-refractivity contribution in [3.05, 3.63) is 68.2 Å². The van der Waals surface area contributed by atoms with Crippen LogP contribution in [0.3, 0.4) is 0 Å². The zero-order chi connectivity index (χ0) is 17.7. The van der Waals surface area contributed by atoms with Gasteiger partial charge in [-0.05, 0) is 54.0 Å². The van der Waals surface area contributed by atoms with E-state index in [1.807, 2.05) is 24.3 Å². The predicted molar refractivity (Wildman–Crippen MR) is 104 cm³/mol. The maximum Gasteiger partial charge on any atom is 0.241 e. The van der Waals surface area contributed by atoms with Crippen LogP contribution < -0.4 is 0 Å². The molecular formula is C21H18O3S2. The molecule has 0 N–H and O–H groups in total. The van der Waals surface area contributed by atoms with Crippen LogP contribution in [0, 0.1) is 0 Å². The lowest BCUT2D eigenvalue weighted by Crippen LogP contribution is -2.41. The second-order valence-corrected chi connectivity index (χ2v) is 8.66. The van der Waals surface area contributed by atoms with Gasteiger partial charge in [0.15, 0.2) is 5.78 Å². The molecule has 0 aliphatic carbocycles. The lowest BCUT2D eigenvalue weighted by molar-refractivity contribution is -0.225. The third kappa shape index (κ3) is 2.42. The molecule has 1 spiro atoms. The van der Waals surface area contributed by atoms with Crippen molar-refractivity contribution in [1.82, 2.24) is 0 Å². The van der Waals surface area contributed by atoms with Gasteiger partial charge in [-0.25, -0.2) is 0 Å². The molecule has 0 amide bonds. The standard InChI is InChI=1S/C21H18O3S2/c1-13(22)14-2-4-15(5-3-14)18-12-17-7-10-24-21(20(17)26-18)19-16(6-9-23-21)8-11-25-19/h2-5,8,11-12H,6-7,9-10H2,1H3. The molecule has 0 saturated heterocycles. The molecule has 0 saturated carbocycles. The zero-order valence-corrected chi connectivity index (χ0v) is 16.0. The van der Waals surface area contributed by atoms with Crippen LogP contribution in [0.5, 0.6) is 0 Å². The van der Waals surface area contributed by atoms with Crippen LogP contribution in [0.2, 0.25) is 0 Å². The SMILES string of the molecule is CC(=O)c1ccc(-c2cc3c(s2)C2(OCCc4ccsc42)OCC3)cc1. The fourth-order valence-corrected chi connectivity index (χ4v) is 6.19. The smallest absolute Gasteiger partial charge is 0.241 e. The van der Waals surface area contributed by atoms with Crippen LogP contribution >= 0.6 is 22.7 Å². The number of benzene rings is 1. The molecule has 1 aromatic carbocycles. The molecule has 1 atom stereocenters. The lowest BCUT2D eigenvalue weighted by atomic mass is 9.97. The van der Waals surface area contributed by atoms with Gasteiger partial charge in [-0.2, -0.15) is 0 Å². The summed E-state index contributed by atoms with van der Waals surface area (Å²) in [5.41, 5.74) is 4.53.